The van der Waals surface area contributed by atoms with Crippen LogP contribution in [0.5, 0.6) is 5.75 Å². The molecule has 25 heavy (non-hydrogen) atoms. The van der Waals surface area contributed by atoms with Crippen LogP contribution in [0.3, 0.4) is 0 Å². The highest BCUT2D eigenvalue weighted by atomic mass is 19.4. The van der Waals surface area contributed by atoms with Crippen LogP contribution >= 0.6 is 0 Å². The third-order valence-corrected chi connectivity index (χ3v) is 4.37. The van der Waals surface area contributed by atoms with Crippen molar-refractivity contribution in [1.82, 2.24) is 5.32 Å². The molecule has 8 heteroatoms. The van der Waals surface area contributed by atoms with Gasteiger partial charge in [0, 0.05) is 5.92 Å². The van der Waals surface area contributed by atoms with Gasteiger partial charge in [0.1, 0.15) is 5.75 Å². The highest BCUT2D eigenvalue weighted by Crippen LogP contribution is 2.30. The number of hydrogen-bond donors (Lipinski definition) is 2. The number of aliphatic carboxylic acids is 1. The van der Waals surface area contributed by atoms with Crippen LogP contribution in [0.2, 0.25) is 0 Å². The quantitative estimate of drug-likeness (QED) is 0.841. The Hall–Kier alpha value is -2.25. The summed E-state index contributed by atoms with van der Waals surface area (Å²) in [5.74, 6) is -2.30. The number of benzene rings is 1. The number of carbonyl (C=O) groups is 2. The minimum atomic E-state index is -4.75. The molecule has 3 atom stereocenters. The Labute approximate surface area is 143 Å². The van der Waals surface area contributed by atoms with Crippen LogP contribution in [-0.2, 0) is 9.59 Å². The number of halogens is 3. The molecule has 0 spiro atoms. The number of rotatable bonds is 5. The maximum atomic E-state index is 12.3. The molecule has 1 aromatic rings. The van der Waals surface area contributed by atoms with Crippen LogP contribution < -0.4 is 10.1 Å². The van der Waals surface area contributed by atoms with Crippen molar-refractivity contribution < 1.29 is 32.6 Å². The molecule has 5 nitrogen and oxygen atoms in total. The predicted molar refractivity (Wildman–Crippen MR) is 82.8 cm³/mol. The first-order valence-corrected chi connectivity index (χ1v) is 8.04. The molecule has 0 aromatic heterocycles. The van der Waals surface area contributed by atoms with Gasteiger partial charge in [-0.15, -0.1) is 13.2 Å². The van der Waals surface area contributed by atoms with Crippen molar-refractivity contribution in [1.29, 1.82) is 0 Å². The zero-order valence-electron chi connectivity index (χ0n) is 13.7. The van der Waals surface area contributed by atoms with Gasteiger partial charge in [-0.1, -0.05) is 18.6 Å². The highest BCUT2D eigenvalue weighted by Gasteiger charge is 2.32. The van der Waals surface area contributed by atoms with E-state index in [1.54, 1.807) is 6.92 Å². The molecular formula is C17H20F3NO4. The Morgan fingerprint density at radius 2 is 1.80 bits per heavy atom. The average Bonchev–Trinajstić information content (AvgIpc) is 2.54. The van der Waals surface area contributed by atoms with Gasteiger partial charge in [-0.3, -0.25) is 9.59 Å². The van der Waals surface area contributed by atoms with Crippen LogP contribution in [0.4, 0.5) is 13.2 Å². The lowest BCUT2D eigenvalue weighted by Crippen LogP contribution is -2.36. The fourth-order valence-corrected chi connectivity index (χ4v) is 3.02. The number of nitrogens with one attached hydrogen (secondary N) is 1. The van der Waals surface area contributed by atoms with Crippen LogP contribution in [0.1, 0.15) is 44.2 Å². The topological polar surface area (TPSA) is 75.6 Å². The molecule has 138 valence electrons. The van der Waals surface area contributed by atoms with Gasteiger partial charge in [-0.25, -0.2) is 0 Å². The van der Waals surface area contributed by atoms with Crippen molar-refractivity contribution in [3.63, 3.8) is 0 Å². The van der Waals surface area contributed by atoms with Crippen molar-refractivity contribution in [2.45, 2.75) is 45.0 Å². The number of carbonyl (C=O) groups excluding carboxylic acids is 1. The molecule has 1 aliphatic carbocycles. The molecule has 1 aliphatic rings. The first-order chi connectivity index (χ1) is 11.7. The molecule has 2 unspecified atom stereocenters. The molecule has 2 rings (SSSR count). The van der Waals surface area contributed by atoms with E-state index in [2.05, 4.69) is 10.1 Å². The van der Waals surface area contributed by atoms with Crippen LogP contribution in [0.15, 0.2) is 24.3 Å². The van der Waals surface area contributed by atoms with E-state index in [9.17, 15) is 22.8 Å². The second-order valence-electron chi connectivity index (χ2n) is 6.25. The number of carboxylic acid groups (broad SMARTS) is 1. The summed E-state index contributed by atoms with van der Waals surface area (Å²) in [6.45, 7) is 1.72. The molecule has 1 amide bonds. The van der Waals surface area contributed by atoms with E-state index in [-0.39, 0.29) is 17.6 Å². The number of hydrogen-bond acceptors (Lipinski definition) is 3. The lowest BCUT2D eigenvalue weighted by Gasteiger charge is -2.27. The van der Waals surface area contributed by atoms with Gasteiger partial charge in [0.25, 0.3) is 0 Å². The summed E-state index contributed by atoms with van der Waals surface area (Å²) in [7, 11) is 0. The third kappa shape index (κ3) is 5.65. The molecule has 1 saturated carbocycles. The van der Waals surface area contributed by atoms with E-state index < -0.39 is 24.3 Å². The normalized spacial score (nSPS) is 22.1. The van der Waals surface area contributed by atoms with Crippen molar-refractivity contribution in [3.8, 4) is 5.75 Å². The van der Waals surface area contributed by atoms with Crippen LogP contribution in [0, 0.1) is 11.8 Å². The van der Waals surface area contributed by atoms with Gasteiger partial charge in [0.15, 0.2) is 0 Å². The summed E-state index contributed by atoms with van der Waals surface area (Å²) in [5, 5.41) is 11.9. The summed E-state index contributed by atoms with van der Waals surface area (Å²) >= 11 is 0. The molecule has 2 N–H and O–H groups in total. The maximum Gasteiger partial charge on any atom is 0.573 e. The number of ether oxygens (including phenoxy) is 1. The lowest BCUT2D eigenvalue weighted by atomic mass is 9.81. The molecule has 0 aliphatic heterocycles. The van der Waals surface area contributed by atoms with E-state index in [1.807, 2.05) is 0 Å². The standard InChI is InChI=1S/C17H20F3NO4/c1-10(11-5-7-14(8-6-11)25-17(18,19)20)21-15(22)12-3-2-4-13(9-12)16(23)24/h5-8,10,12-13H,2-4,9H2,1H3,(H,21,22)(H,23,24)/t10-,12?,13?/m0/s1. The minimum Gasteiger partial charge on any atom is -0.481 e. The SMILES string of the molecule is C[C@H](NC(=O)C1CCCC(C(=O)O)C1)c1ccc(OC(F)(F)F)cc1. The zero-order valence-corrected chi connectivity index (χ0v) is 13.7. The molecule has 1 aromatic carbocycles. The zero-order chi connectivity index (χ0) is 18.6. The third-order valence-electron chi connectivity index (χ3n) is 4.37. The first-order valence-electron chi connectivity index (χ1n) is 8.04. The Morgan fingerprint density at radius 3 is 2.36 bits per heavy atom. The van der Waals surface area contributed by atoms with Gasteiger partial charge in [0.2, 0.25) is 5.91 Å². The van der Waals surface area contributed by atoms with Crippen LogP contribution in [-0.4, -0.2) is 23.3 Å². The van der Waals surface area contributed by atoms with Crippen LogP contribution in [0.25, 0.3) is 0 Å². The monoisotopic (exact) mass is 359 g/mol. The van der Waals surface area contributed by atoms with Gasteiger partial charge < -0.3 is 15.2 Å². The molecule has 0 saturated heterocycles. The van der Waals surface area contributed by atoms with Gasteiger partial charge in [0.05, 0.1) is 12.0 Å². The summed E-state index contributed by atoms with van der Waals surface area (Å²) in [6, 6.07) is 4.87. The molecule has 1 fully saturated rings. The fraction of sp³-hybridized carbons (Fsp3) is 0.529. The number of alkyl halides is 3. The Balaban J connectivity index is 1.93. The van der Waals surface area contributed by atoms with E-state index >= 15 is 0 Å². The second-order valence-corrected chi connectivity index (χ2v) is 6.25. The summed E-state index contributed by atoms with van der Waals surface area (Å²) in [5.41, 5.74) is 0.633. The summed E-state index contributed by atoms with van der Waals surface area (Å²) in [6.07, 6.45) is -2.53. The summed E-state index contributed by atoms with van der Waals surface area (Å²) in [4.78, 5) is 23.4. The predicted octanol–water partition coefficient (Wildman–Crippen LogP) is 3.65. The largest absolute Gasteiger partial charge is 0.573 e. The fourth-order valence-electron chi connectivity index (χ4n) is 3.02. The first kappa shape index (κ1) is 19.1. The Bertz CT molecular complexity index is 615. The van der Waals surface area contributed by atoms with E-state index in [1.165, 1.54) is 24.3 Å². The van der Waals surface area contributed by atoms with E-state index in [4.69, 9.17) is 5.11 Å². The van der Waals surface area contributed by atoms with E-state index in [0.29, 0.717) is 31.2 Å². The maximum absolute atomic E-state index is 12.3. The Morgan fingerprint density at radius 1 is 1.20 bits per heavy atom. The smallest absolute Gasteiger partial charge is 0.481 e. The minimum absolute atomic E-state index is 0.228. The molecular weight excluding hydrogens is 339 g/mol. The summed E-state index contributed by atoms with van der Waals surface area (Å²) < 4.78 is 40.2. The van der Waals surface area contributed by atoms with Crippen molar-refractivity contribution in [3.05, 3.63) is 29.8 Å². The highest BCUT2D eigenvalue weighted by molar-refractivity contribution is 5.80. The average molecular weight is 359 g/mol. The van der Waals surface area contributed by atoms with Crippen molar-refractivity contribution in [2.24, 2.45) is 11.8 Å². The number of carboxylic acids is 1. The van der Waals surface area contributed by atoms with Crippen molar-refractivity contribution >= 4 is 11.9 Å². The van der Waals surface area contributed by atoms with E-state index in [0.717, 1.165) is 0 Å². The van der Waals surface area contributed by atoms with Gasteiger partial charge in [-0.2, -0.15) is 0 Å². The molecule has 0 radical (unpaired) electrons. The number of amides is 1. The Kier molecular flexibility index (Phi) is 5.92. The molecule has 0 heterocycles. The second kappa shape index (κ2) is 7.76. The van der Waals surface area contributed by atoms with Gasteiger partial charge in [-0.05, 0) is 43.9 Å². The lowest BCUT2D eigenvalue weighted by molar-refractivity contribution is -0.274. The van der Waals surface area contributed by atoms with Crippen molar-refractivity contribution in [2.75, 3.05) is 0 Å². The van der Waals surface area contributed by atoms with Gasteiger partial charge >= 0.3 is 12.3 Å². The molecule has 0 bridgehead atoms.